The number of benzene rings is 1. The maximum absolute atomic E-state index is 12.5. The Morgan fingerprint density at radius 1 is 1.33 bits per heavy atom. The first-order valence-corrected chi connectivity index (χ1v) is 8.31. The van der Waals surface area contributed by atoms with Crippen molar-refractivity contribution in [1.82, 2.24) is 9.97 Å². The van der Waals surface area contributed by atoms with E-state index in [9.17, 15) is 4.79 Å². The number of amides is 1. The second-order valence-corrected chi connectivity index (χ2v) is 5.78. The molecular formula is C18H22N4O2. The van der Waals surface area contributed by atoms with Crippen LogP contribution in [0.15, 0.2) is 42.9 Å². The summed E-state index contributed by atoms with van der Waals surface area (Å²) in [7, 11) is 0. The number of hydrogen-bond acceptors (Lipinski definition) is 5. The first-order valence-electron chi connectivity index (χ1n) is 8.31. The Morgan fingerprint density at radius 2 is 2.17 bits per heavy atom. The van der Waals surface area contributed by atoms with Crippen LogP contribution in [0.5, 0.6) is 5.75 Å². The smallest absolute Gasteiger partial charge is 0.227 e. The van der Waals surface area contributed by atoms with Gasteiger partial charge in [-0.15, -0.1) is 0 Å². The fourth-order valence-corrected chi connectivity index (χ4v) is 2.90. The summed E-state index contributed by atoms with van der Waals surface area (Å²) < 4.78 is 5.47. The van der Waals surface area contributed by atoms with E-state index in [1.807, 2.05) is 31.2 Å². The molecule has 2 aromatic rings. The van der Waals surface area contributed by atoms with Crippen LogP contribution in [0.4, 0.5) is 11.5 Å². The number of carbonyl (C=O) groups excluding carboxylic acids is 1. The first kappa shape index (κ1) is 16.2. The molecule has 6 nitrogen and oxygen atoms in total. The van der Waals surface area contributed by atoms with Crippen LogP contribution >= 0.6 is 0 Å². The van der Waals surface area contributed by atoms with Gasteiger partial charge in [-0.3, -0.25) is 9.78 Å². The van der Waals surface area contributed by atoms with Gasteiger partial charge in [-0.1, -0.05) is 6.07 Å². The minimum atomic E-state index is 0.0219. The van der Waals surface area contributed by atoms with Crippen LogP contribution in [0.25, 0.3) is 0 Å². The van der Waals surface area contributed by atoms with Crippen molar-refractivity contribution in [3.8, 4) is 5.75 Å². The maximum Gasteiger partial charge on any atom is 0.227 e. The standard InChI is InChI=1S/C18H22N4O2/c1-2-24-16-5-3-4-15(12-16)21-18(23)14-6-10-22(11-7-14)17-13-19-8-9-20-17/h3-5,8-9,12-14H,2,6-7,10-11H2,1H3,(H,21,23). The van der Waals surface area contributed by atoms with Gasteiger partial charge in [-0.05, 0) is 31.9 Å². The summed E-state index contributed by atoms with van der Waals surface area (Å²) in [5, 5.41) is 3.00. The number of rotatable bonds is 5. The molecular weight excluding hydrogens is 304 g/mol. The minimum Gasteiger partial charge on any atom is -0.494 e. The van der Waals surface area contributed by atoms with E-state index in [0.29, 0.717) is 6.61 Å². The topological polar surface area (TPSA) is 67.3 Å². The van der Waals surface area contributed by atoms with E-state index >= 15 is 0 Å². The largest absolute Gasteiger partial charge is 0.494 e. The molecule has 0 unspecified atom stereocenters. The fourth-order valence-electron chi connectivity index (χ4n) is 2.90. The van der Waals surface area contributed by atoms with E-state index in [0.717, 1.165) is 43.2 Å². The van der Waals surface area contributed by atoms with Crippen molar-refractivity contribution in [2.24, 2.45) is 5.92 Å². The normalized spacial score (nSPS) is 15.1. The van der Waals surface area contributed by atoms with Crippen LogP contribution in [0.1, 0.15) is 19.8 Å². The fraction of sp³-hybridized carbons (Fsp3) is 0.389. The van der Waals surface area contributed by atoms with E-state index in [4.69, 9.17) is 4.74 Å². The molecule has 1 saturated heterocycles. The summed E-state index contributed by atoms with van der Waals surface area (Å²) in [6.45, 7) is 4.18. The van der Waals surface area contributed by atoms with E-state index in [1.165, 1.54) is 0 Å². The van der Waals surface area contributed by atoms with Crippen LogP contribution in [0, 0.1) is 5.92 Å². The number of hydrogen-bond donors (Lipinski definition) is 1. The Morgan fingerprint density at radius 3 is 2.88 bits per heavy atom. The van der Waals surface area contributed by atoms with Gasteiger partial charge in [0.1, 0.15) is 11.6 Å². The third-order valence-corrected chi connectivity index (χ3v) is 4.15. The highest BCUT2D eigenvalue weighted by Gasteiger charge is 2.25. The van der Waals surface area contributed by atoms with Crippen molar-refractivity contribution in [2.75, 3.05) is 29.9 Å². The van der Waals surface area contributed by atoms with E-state index in [1.54, 1.807) is 18.6 Å². The van der Waals surface area contributed by atoms with Gasteiger partial charge in [0.25, 0.3) is 0 Å². The first-order chi connectivity index (χ1) is 11.8. The molecule has 0 bridgehead atoms. The number of ether oxygens (including phenoxy) is 1. The monoisotopic (exact) mass is 326 g/mol. The second kappa shape index (κ2) is 7.77. The molecule has 0 spiro atoms. The molecule has 1 amide bonds. The van der Waals surface area contributed by atoms with Crippen LogP contribution in [0.3, 0.4) is 0 Å². The van der Waals surface area contributed by atoms with Crippen molar-refractivity contribution in [3.63, 3.8) is 0 Å². The van der Waals surface area contributed by atoms with Gasteiger partial charge < -0.3 is 15.0 Å². The Labute approximate surface area is 141 Å². The number of nitrogens with one attached hydrogen (secondary N) is 1. The average molecular weight is 326 g/mol. The van der Waals surface area contributed by atoms with Crippen molar-refractivity contribution >= 4 is 17.4 Å². The lowest BCUT2D eigenvalue weighted by Crippen LogP contribution is -2.38. The lowest BCUT2D eigenvalue weighted by Gasteiger charge is -2.31. The molecule has 0 saturated carbocycles. The Kier molecular flexibility index (Phi) is 5.25. The summed E-state index contributed by atoms with van der Waals surface area (Å²) in [5.74, 6) is 1.74. The molecule has 3 rings (SSSR count). The zero-order chi connectivity index (χ0) is 16.8. The highest BCUT2D eigenvalue weighted by Crippen LogP contribution is 2.23. The predicted octanol–water partition coefficient (Wildman–Crippen LogP) is 2.73. The predicted molar refractivity (Wildman–Crippen MR) is 93.2 cm³/mol. The van der Waals surface area contributed by atoms with Gasteiger partial charge in [0, 0.05) is 43.2 Å². The summed E-state index contributed by atoms with van der Waals surface area (Å²) in [6, 6.07) is 7.51. The van der Waals surface area contributed by atoms with Crippen LogP contribution in [0.2, 0.25) is 0 Å². The molecule has 1 aromatic carbocycles. The molecule has 1 N–H and O–H groups in total. The van der Waals surface area contributed by atoms with E-state index < -0.39 is 0 Å². The molecule has 126 valence electrons. The van der Waals surface area contributed by atoms with Crippen LogP contribution in [-0.4, -0.2) is 35.6 Å². The molecule has 24 heavy (non-hydrogen) atoms. The minimum absolute atomic E-state index is 0.0219. The van der Waals surface area contributed by atoms with Gasteiger partial charge in [0.05, 0.1) is 12.8 Å². The number of aromatic nitrogens is 2. The van der Waals surface area contributed by atoms with Crippen molar-refractivity contribution in [3.05, 3.63) is 42.9 Å². The van der Waals surface area contributed by atoms with E-state index in [2.05, 4.69) is 20.2 Å². The van der Waals surface area contributed by atoms with E-state index in [-0.39, 0.29) is 11.8 Å². The summed E-state index contributed by atoms with van der Waals surface area (Å²) in [5.41, 5.74) is 0.780. The van der Waals surface area contributed by atoms with Crippen molar-refractivity contribution < 1.29 is 9.53 Å². The lowest BCUT2D eigenvalue weighted by molar-refractivity contribution is -0.120. The Balaban J connectivity index is 1.54. The SMILES string of the molecule is CCOc1cccc(NC(=O)C2CCN(c3cnccn3)CC2)c1. The zero-order valence-corrected chi connectivity index (χ0v) is 13.8. The molecule has 1 fully saturated rings. The molecule has 1 aliphatic rings. The maximum atomic E-state index is 12.5. The summed E-state index contributed by atoms with van der Waals surface area (Å²) >= 11 is 0. The summed E-state index contributed by atoms with van der Waals surface area (Å²) in [4.78, 5) is 23.1. The van der Waals surface area contributed by atoms with Crippen molar-refractivity contribution in [1.29, 1.82) is 0 Å². The molecule has 0 radical (unpaired) electrons. The molecule has 1 aliphatic heterocycles. The second-order valence-electron chi connectivity index (χ2n) is 5.78. The van der Waals surface area contributed by atoms with Crippen molar-refractivity contribution in [2.45, 2.75) is 19.8 Å². The van der Waals surface area contributed by atoms with Gasteiger partial charge >= 0.3 is 0 Å². The number of anilines is 2. The van der Waals surface area contributed by atoms with Gasteiger partial charge in [-0.2, -0.15) is 0 Å². The molecule has 0 aliphatic carbocycles. The highest BCUT2D eigenvalue weighted by atomic mass is 16.5. The number of piperidine rings is 1. The van der Waals surface area contributed by atoms with Gasteiger partial charge in [0.2, 0.25) is 5.91 Å². The Hall–Kier alpha value is -2.63. The third kappa shape index (κ3) is 4.01. The molecule has 2 heterocycles. The Bertz CT molecular complexity index is 670. The van der Waals surface area contributed by atoms with Gasteiger partial charge in [-0.25, -0.2) is 4.98 Å². The highest BCUT2D eigenvalue weighted by molar-refractivity contribution is 5.92. The van der Waals surface area contributed by atoms with Gasteiger partial charge in [0.15, 0.2) is 0 Å². The number of nitrogens with zero attached hydrogens (tertiary/aromatic N) is 3. The van der Waals surface area contributed by atoms with Crippen LogP contribution < -0.4 is 15.0 Å². The molecule has 1 aromatic heterocycles. The summed E-state index contributed by atoms with van der Waals surface area (Å²) in [6.07, 6.45) is 6.75. The molecule has 0 atom stereocenters. The van der Waals surface area contributed by atoms with Crippen LogP contribution in [-0.2, 0) is 4.79 Å². The molecule has 6 heteroatoms. The number of carbonyl (C=O) groups is 1. The zero-order valence-electron chi connectivity index (χ0n) is 13.8. The lowest BCUT2D eigenvalue weighted by atomic mass is 9.96. The average Bonchev–Trinajstić information content (AvgIpc) is 2.63. The quantitative estimate of drug-likeness (QED) is 0.915. The third-order valence-electron chi connectivity index (χ3n) is 4.15.